The minimum atomic E-state index is -0.0223. The lowest BCUT2D eigenvalue weighted by molar-refractivity contribution is -0.0297. The van der Waals surface area contributed by atoms with E-state index in [0.717, 1.165) is 13.0 Å². The molecule has 0 aromatic rings. The molecule has 2 heteroatoms. The van der Waals surface area contributed by atoms with Gasteiger partial charge in [-0.05, 0) is 27.2 Å². The highest BCUT2D eigenvalue weighted by Gasteiger charge is 2.37. The molecule has 2 aliphatic heterocycles. The molecule has 3 atom stereocenters. The van der Waals surface area contributed by atoms with E-state index in [4.69, 9.17) is 9.47 Å². The molecule has 0 aromatic carbocycles. The molecule has 0 saturated carbocycles. The van der Waals surface area contributed by atoms with Crippen LogP contribution in [0.5, 0.6) is 0 Å². The number of fused-ring (bicyclic) bond motifs is 2. The molecule has 2 bridgehead atoms. The third kappa shape index (κ3) is 2.12. The molecular weight excluding hydrogens is 164 g/mol. The quantitative estimate of drug-likeness (QED) is 0.609. The van der Waals surface area contributed by atoms with Crippen LogP contribution in [0.3, 0.4) is 0 Å². The Morgan fingerprint density at radius 3 is 2.62 bits per heavy atom. The van der Waals surface area contributed by atoms with Gasteiger partial charge in [0.1, 0.15) is 0 Å². The highest BCUT2D eigenvalue weighted by Crippen LogP contribution is 2.34. The van der Waals surface area contributed by atoms with E-state index < -0.39 is 0 Å². The third-order valence-corrected chi connectivity index (χ3v) is 2.58. The summed E-state index contributed by atoms with van der Waals surface area (Å²) in [7, 11) is 0. The van der Waals surface area contributed by atoms with Crippen LogP contribution in [0.15, 0.2) is 12.2 Å². The summed E-state index contributed by atoms with van der Waals surface area (Å²) in [5.74, 6) is 0.578. The van der Waals surface area contributed by atoms with Crippen LogP contribution < -0.4 is 0 Å². The summed E-state index contributed by atoms with van der Waals surface area (Å²) < 4.78 is 11.4. The highest BCUT2D eigenvalue weighted by atomic mass is 16.5. The van der Waals surface area contributed by atoms with E-state index >= 15 is 0 Å². The average Bonchev–Trinajstić information content (AvgIpc) is 2.58. The molecule has 3 unspecified atom stereocenters. The molecule has 0 amide bonds. The fourth-order valence-electron chi connectivity index (χ4n) is 1.88. The van der Waals surface area contributed by atoms with Crippen molar-refractivity contribution in [1.82, 2.24) is 0 Å². The van der Waals surface area contributed by atoms with Gasteiger partial charge in [0.05, 0.1) is 24.4 Å². The zero-order valence-corrected chi connectivity index (χ0v) is 8.62. The second-order valence-corrected chi connectivity index (χ2v) is 4.94. The van der Waals surface area contributed by atoms with Crippen molar-refractivity contribution < 1.29 is 9.47 Å². The highest BCUT2D eigenvalue weighted by molar-refractivity contribution is 5.10. The van der Waals surface area contributed by atoms with Gasteiger partial charge in [-0.3, -0.25) is 0 Å². The number of rotatable bonds is 2. The van der Waals surface area contributed by atoms with Gasteiger partial charge >= 0.3 is 0 Å². The van der Waals surface area contributed by atoms with Crippen molar-refractivity contribution in [2.24, 2.45) is 5.92 Å². The summed E-state index contributed by atoms with van der Waals surface area (Å²) in [6, 6.07) is 0. The topological polar surface area (TPSA) is 18.5 Å². The first-order valence-electron chi connectivity index (χ1n) is 5.02. The molecule has 0 aromatic heterocycles. The number of hydrogen-bond donors (Lipinski definition) is 0. The van der Waals surface area contributed by atoms with Gasteiger partial charge in [0, 0.05) is 5.92 Å². The van der Waals surface area contributed by atoms with Crippen LogP contribution in [0.1, 0.15) is 27.2 Å². The van der Waals surface area contributed by atoms with Crippen LogP contribution in [0.4, 0.5) is 0 Å². The first-order chi connectivity index (χ1) is 6.04. The summed E-state index contributed by atoms with van der Waals surface area (Å²) >= 11 is 0. The maximum Gasteiger partial charge on any atom is 0.0816 e. The number of ether oxygens (including phenoxy) is 2. The maximum atomic E-state index is 5.75. The lowest BCUT2D eigenvalue weighted by atomic mass is 9.95. The lowest BCUT2D eigenvalue weighted by Gasteiger charge is -2.24. The van der Waals surface area contributed by atoms with E-state index in [9.17, 15) is 0 Å². The zero-order valence-electron chi connectivity index (χ0n) is 8.62. The van der Waals surface area contributed by atoms with Crippen LogP contribution in [0.25, 0.3) is 0 Å². The van der Waals surface area contributed by atoms with E-state index in [-0.39, 0.29) is 5.60 Å². The molecule has 2 rings (SSSR count). The van der Waals surface area contributed by atoms with Crippen LogP contribution in [0, 0.1) is 5.92 Å². The van der Waals surface area contributed by atoms with Crippen molar-refractivity contribution >= 4 is 0 Å². The Bertz CT molecular complexity index is 215. The Hall–Kier alpha value is -0.340. The normalized spacial score (nSPS) is 37.3. The van der Waals surface area contributed by atoms with Gasteiger partial charge in [-0.15, -0.1) is 0 Å². The van der Waals surface area contributed by atoms with Crippen molar-refractivity contribution in [3.8, 4) is 0 Å². The molecule has 0 aliphatic carbocycles. The lowest BCUT2D eigenvalue weighted by Crippen LogP contribution is -2.27. The van der Waals surface area contributed by atoms with Crippen molar-refractivity contribution in [1.29, 1.82) is 0 Å². The summed E-state index contributed by atoms with van der Waals surface area (Å²) in [5.41, 5.74) is -0.0223. The molecule has 74 valence electrons. The summed E-state index contributed by atoms with van der Waals surface area (Å²) in [6.07, 6.45) is 6.17. The Labute approximate surface area is 79.9 Å². The summed E-state index contributed by atoms with van der Waals surface area (Å²) in [4.78, 5) is 0. The minimum absolute atomic E-state index is 0.0223. The van der Waals surface area contributed by atoms with Crippen LogP contribution in [0.2, 0.25) is 0 Å². The standard InChI is InChI=1S/C11H18O2/c1-11(2,3)12-7-8-6-9-4-5-10(8)13-9/h4-5,8-10H,6-7H2,1-3H3. The Balaban J connectivity index is 1.81. The van der Waals surface area contributed by atoms with Gasteiger partial charge in [-0.2, -0.15) is 0 Å². The Morgan fingerprint density at radius 2 is 2.15 bits per heavy atom. The van der Waals surface area contributed by atoms with Crippen molar-refractivity contribution in [2.45, 2.75) is 45.0 Å². The molecule has 0 radical (unpaired) electrons. The average molecular weight is 182 g/mol. The monoisotopic (exact) mass is 182 g/mol. The first kappa shape index (κ1) is 9.22. The second-order valence-electron chi connectivity index (χ2n) is 4.94. The van der Waals surface area contributed by atoms with E-state index in [0.29, 0.717) is 18.1 Å². The summed E-state index contributed by atoms with van der Waals surface area (Å²) in [5, 5.41) is 0. The number of hydrogen-bond acceptors (Lipinski definition) is 2. The molecule has 2 nitrogen and oxygen atoms in total. The molecule has 1 fully saturated rings. The second kappa shape index (κ2) is 3.10. The maximum absolute atomic E-state index is 5.75. The van der Waals surface area contributed by atoms with Crippen LogP contribution in [-0.2, 0) is 9.47 Å². The summed E-state index contributed by atoms with van der Waals surface area (Å²) in [6.45, 7) is 7.11. The van der Waals surface area contributed by atoms with Crippen LogP contribution >= 0.6 is 0 Å². The van der Waals surface area contributed by atoms with Crippen molar-refractivity contribution in [3.05, 3.63) is 12.2 Å². The molecule has 0 spiro atoms. The van der Waals surface area contributed by atoms with Crippen LogP contribution in [-0.4, -0.2) is 24.4 Å². The largest absolute Gasteiger partial charge is 0.375 e. The molecule has 2 aliphatic rings. The molecule has 2 heterocycles. The van der Waals surface area contributed by atoms with Crippen molar-refractivity contribution in [3.63, 3.8) is 0 Å². The fraction of sp³-hybridized carbons (Fsp3) is 0.818. The van der Waals surface area contributed by atoms with E-state index in [1.54, 1.807) is 0 Å². The predicted octanol–water partition coefficient (Wildman–Crippen LogP) is 2.15. The third-order valence-electron chi connectivity index (χ3n) is 2.58. The van der Waals surface area contributed by atoms with Gasteiger partial charge in [-0.25, -0.2) is 0 Å². The minimum Gasteiger partial charge on any atom is -0.375 e. The zero-order chi connectivity index (χ0) is 9.47. The van der Waals surface area contributed by atoms with Crippen molar-refractivity contribution in [2.75, 3.05) is 6.61 Å². The van der Waals surface area contributed by atoms with Gasteiger partial charge < -0.3 is 9.47 Å². The van der Waals surface area contributed by atoms with E-state index in [2.05, 4.69) is 32.9 Å². The predicted molar refractivity (Wildman–Crippen MR) is 51.6 cm³/mol. The smallest absolute Gasteiger partial charge is 0.0816 e. The van der Waals surface area contributed by atoms with Gasteiger partial charge in [-0.1, -0.05) is 12.2 Å². The van der Waals surface area contributed by atoms with E-state index in [1.165, 1.54) is 0 Å². The molecule has 0 N–H and O–H groups in total. The molecule has 1 saturated heterocycles. The van der Waals surface area contributed by atoms with Gasteiger partial charge in [0.25, 0.3) is 0 Å². The fourth-order valence-corrected chi connectivity index (χ4v) is 1.88. The van der Waals surface area contributed by atoms with Gasteiger partial charge in [0.15, 0.2) is 0 Å². The van der Waals surface area contributed by atoms with E-state index in [1.807, 2.05) is 0 Å². The SMILES string of the molecule is CC(C)(C)OCC1CC2C=CC1O2. The first-order valence-corrected chi connectivity index (χ1v) is 5.02. The Kier molecular flexibility index (Phi) is 2.20. The Morgan fingerprint density at radius 1 is 1.38 bits per heavy atom. The molecule has 13 heavy (non-hydrogen) atoms. The van der Waals surface area contributed by atoms with Gasteiger partial charge in [0.2, 0.25) is 0 Å². The molecular formula is C11H18O2.